The molecule has 0 amide bonds. The quantitative estimate of drug-likeness (QED) is 0.361. The molecule has 3 aromatic rings. The van der Waals surface area contributed by atoms with Crippen molar-refractivity contribution in [1.29, 1.82) is 0 Å². The molecule has 29 heavy (non-hydrogen) atoms. The molecule has 0 bridgehead atoms. The van der Waals surface area contributed by atoms with Crippen LogP contribution in [0.15, 0.2) is 52.7 Å². The minimum Gasteiger partial charge on any atom is -0.493 e. The standard InChI is InChI=1S/C21H23ClN4O2S/c1-14(2)20-24-25-21(29-4)26(20)23-12-15-8-9-18(19(11-15)27-3)28-13-16-6-5-7-17(22)10-16/h5-12,14H,13H2,1-4H3/b23-12-. The second-order valence-electron chi connectivity index (χ2n) is 6.58. The minimum absolute atomic E-state index is 0.220. The normalized spacial score (nSPS) is 11.4. The van der Waals surface area contributed by atoms with E-state index in [4.69, 9.17) is 21.1 Å². The highest BCUT2D eigenvalue weighted by atomic mass is 35.5. The topological polar surface area (TPSA) is 61.5 Å². The van der Waals surface area contributed by atoms with Crippen molar-refractivity contribution < 1.29 is 9.47 Å². The van der Waals surface area contributed by atoms with Crippen LogP contribution in [-0.4, -0.2) is 34.5 Å². The van der Waals surface area contributed by atoms with Gasteiger partial charge in [-0.25, -0.2) is 0 Å². The highest BCUT2D eigenvalue weighted by Gasteiger charge is 2.13. The van der Waals surface area contributed by atoms with Crippen LogP contribution < -0.4 is 9.47 Å². The summed E-state index contributed by atoms with van der Waals surface area (Å²) in [6, 6.07) is 13.3. The minimum atomic E-state index is 0.220. The molecule has 0 fully saturated rings. The zero-order valence-corrected chi connectivity index (χ0v) is 18.4. The molecule has 152 valence electrons. The zero-order valence-electron chi connectivity index (χ0n) is 16.8. The fourth-order valence-electron chi connectivity index (χ4n) is 2.67. The van der Waals surface area contributed by atoms with Gasteiger partial charge in [0.05, 0.1) is 13.3 Å². The highest BCUT2D eigenvalue weighted by Crippen LogP contribution is 2.29. The Morgan fingerprint density at radius 2 is 2.00 bits per heavy atom. The van der Waals surface area contributed by atoms with Gasteiger partial charge < -0.3 is 9.47 Å². The van der Waals surface area contributed by atoms with Gasteiger partial charge in [-0.2, -0.15) is 9.78 Å². The summed E-state index contributed by atoms with van der Waals surface area (Å²) < 4.78 is 13.2. The lowest BCUT2D eigenvalue weighted by Gasteiger charge is -2.11. The number of hydrogen-bond donors (Lipinski definition) is 0. The maximum Gasteiger partial charge on any atom is 0.211 e. The largest absolute Gasteiger partial charge is 0.493 e. The lowest BCUT2D eigenvalue weighted by Crippen LogP contribution is -2.02. The van der Waals surface area contributed by atoms with Crippen LogP contribution in [-0.2, 0) is 6.61 Å². The number of benzene rings is 2. The molecule has 1 heterocycles. The molecule has 0 saturated heterocycles. The van der Waals surface area contributed by atoms with E-state index in [2.05, 4.69) is 29.1 Å². The smallest absolute Gasteiger partial charge is 0.211 e. The van der Waals surface area contributed by atoms with Gasteiger partial charge >= 0.3 is 0 Å². The number of methoxy groups -OCH3 is 1. The summed E-state index contributed by atoms with van der Waals surface area (Å²) in [7, 11) is 1.62. The van der Waals surface area contributed by atoms with E-state index in [9.17, 15) is 0 Å². The summed E-state index contributed by atoms with van der Waals surface area (Å²) in [5.74, 6) is 2.33. The van der Waals surface area contributed by atoms with E-state index in [1.807, 2.05) is 48.7 Å². The van der Waals surface area contributed by atoms with Crippen LogP contribution in [0.1, 0.15) is 36.7 Å². The number of halogens is 1. The number of ether oxygens (including phenoxy) is 2. The van der Waals surface area contributed by atoms with E-state index in [1.165, 1.54) is 11.8 Å². The molecule has 0 aliphatic rings. The van der Waals surface area contributed by atoms with Gasteiger partial charge in [-0.3, -0.25) is 0 Å². The Kier molecular flexibility index (Phi) is 7.17. The van der Waals surface area contributed by atoms with Gasteiger partial charge in [0.15, 0.2) is 17.3 Å². The van der Waals surface area contributed by atoms with Crippen LogP contribution in [0.4, 0.5) is 0 Å². The third-order valence-electron chi connectivity index (χ3n) is 4.13. The average molecular weight is 431 g/mol. The zero-order chi connectivity index (χ0) is 20.8. The summed E-state index contributed by atoms with van der Waals surface area (Å²) in [4.78, 5) is 0. The molecule has 3 rings (SSSR count). The Morgan fingerprint density at radius 3 is 2.69 bits per heavy atom. The molecular weight excluding hydrogens is 408 g/mol. The second kappa shape index (κ2) is 9.80. The molecule has 2 aromatic carbocycles. The molecule has 0 N–H and O–H groups in total. The van der Waals surface area contributed by atoms with Crippen molar-refractivity contribution in [3.8, 4) is 11.5 Å². The van der Waals surface area contributed by atoms with Gasteiger partial charge in [-0.1, -0.05) is 49.3 Å². The Bertz CT molecular complexity index is 1000. The van der Waals surface area contributed by atoms with Crippen molar-refractivity contribution in [2.24, 2.45) is 5.10 Å². The third kappa shape index (κ3) is 5.31. The first kappa shape index (κ1) is 21.2. The molecular formula is C21H23ClN4O2S. The molecule has 0 aliphatic carbocycles. The van der Waals surface area contributed by atoms with E-state index in [0.29, 0.717) is 23.1 Å². The van der Waals surface area contributed by atoms with Gasteiger partial charge in [0.25, 0.3) is 0 Å². The number of hydrogen-bond acceptors (Lipinski definition) is 6. The molecule has 0 aliphatic heterocycles. The number of nitrogens with zero attached hydrogens (tertiary/aromatic N) is 4. The van der Waals surface area contributed by atoms with Crippen LogP contribution in [0.3, 0.4) is 0 Å². The van der Waals surface area contributed by atoms with Crippen molar-refractivity contribution in [3.05, 3.63) is 64.4 Å². The van der Waals surface area contributed by atoms with E-state index < -0.39 is 0 Å². The highest BCUT2D eigenvalue weighted by molar-refractivity contribution is 7.98. The van der Waals surface area contributed by atoms with Crippen molar-refractivity contribution >= 4 is 29.6 Å². The Morgan fingerprint density at radius 1 is 1.17 bits per heavy atom. The fourth-order valence-corrected chi connectivity index (χ4v) is 3.32. The summed E-state index contributed by atoms with van der Waals surface area (Å²) in [5, 5.41) is 14.4. The molecule has 0 unspecified atom stereocenters. The van der Waals surface area contributed by atoms with Gasteiger partial charge in [-0.15, -0.1) is 10.2 Å². The molecule has 6 nitrogen and oxygen atoms in total. The summed E-state index contributed by atoms with van der Waals surface area (Å²) in [6.45, 7) is 4.53. The first-order chi connectivity index (χ1) is 14.0. The predicted octanol–water partition coefficient (Wildman–Crippen LogP) is 5.25. The van der Waals surface area contributed by atoms with Gasteiger partial charge in [0, 0.05) is 10.9 Å². The monoisotopic (exact) mass is 430 g/mol. The van der Waals surface area contributed by atoms with Crippen LogP contribution >= 0.6 is 23.4 Å². The maximum absolute atomic E-state index is 6.03. The number of rotatable bonds is 8. The van der Waals surface area contributed by atoms with Gasteiger partial charge in [-0.05, 0) is 47.7 Å². The number of aromatic nitrogens is 3. The Labute approximate surface area is 179 Å². The molecule has 1 aromatic heterocycles. The Balaban J connectivity index is 1.78. The van der Waals surface area contributed by atoms with E-state index in [0.717, 1.165) is 22.1 Å². The molecule has 0 radical (unpaired) electrons. The lowest BCUT2D eigenvalue weighted by atomic mass is 10.2. The van der Waals surface area contributed by atoms with E-state index in [-0.39, 0.29) is 5.92 Å². The molecule has 0 saturated carbocycles. The number of thioether (sulfide) groups is 1. The lowest BCUT2D eigenvalue weighted by molar-refractivity contribution is 0.284. The van der Waals surface area contributed by atoms with Crippen molar-refractivity contribution in [2.75, 3.05) is 13.4 Å². The van der Waals surface area contributed by atoms with Crippen LogP contribution in [0.5, 0.6) is 11.5 Å². The third-order valence-corrected chi connectivity index (χ3v) is 4.98. The first-order valence-corrected chi connectivity index (χ1v) is 10.7. The SMILES string of the molecule is COc1cc(/C=N\n2c(SC)nnc2C(C)C)ccc1OCc1cccc(Cl)c1. The van der Waals surface area contributed by atoms with E-state index >= 15 is 0 Å². The van der Waals surface area contributed by atoms with Gasteiger partial charge in [0.2, 0.25) is 5.16 Å². The van der Waals surface area contributed by atoms with Crippen molar-refractivity contribution in [2.45, 2.75) is 31.5 Å². The van der Waals surface area contributed by atoms with Crippen LogP contribution in [0.25, 0.3) is 0 Å². The predicted molar refractivity (Wildman–Crippen MR) is 118 cm³/mol. The van der Waals surface area contributed by atoms with Crippen molar-refractivity contribution in [1.82, 2.24) is 14.9 Å². The van der Waals surface area contributed by atoms with Crippen molar-refractivity contribution in [3.63, 3.8) is 0 Å². The average Bonchev–Trinajstić information content (AvgIpc) is 3.14. The van der Waals surface area contributed by atoms with Gasteiger partial charge in [0.1, 0.15) is 6.61 Å². The van der Waals surface area contributed by atoms with Crippen LogP contribution in [0, 0.1) is 0 Å². The molecule has 8 heteroatoms. The van der Waals surface area contributed by atoms with E-state index in [1.54, 1.807) is 18.0 Å². The first-order valence-electron chi connectivity index (χ1n) is 9.10. The molecule has 0 spiro atoms. The summed E-state index contributed by atoms with van der Waals surface area (Å²) in [6.07, 6.45) is 3.72. The Hall–Kier alpha value is -2.51. The van der Waals surface area contributed by atoms with Crippen LogP contribution in [0.2, 0.25) is 5.02 Å². The second-order valence-corrected chi connectivity index (χ2v) is 7.79. The summed E-state index contributed by atoms with van der Waals surface area (Å²) in [5.41, 5.74) is 1.87. The summed E-state index contributed by atoms with van der Waals surface area (Å²) >= 11 is 7.53. The fraction of sp³-hybridized carbons (Fsp3) is 0.286. The maximum atomic E-state index is 6.03. The molecule has 0 atom stereocenters.